The molecule has 5 nitrogen and oxygen atoms in total. The first-order valence-corrected chi connectivity index (χ1v) is 6.42. The molecule has 100 valence electrons. The van der Waals surface area contributed by atoms with Gasteiger partial charge >= 0.3 is 0 Å². The molecule has 0 spiro atoms. The van der Waals surface area contributed by atoms with Crippen molar-refractivity contribution in [1.82, 2.24) is 19.9 Å². The highest BCUT2D eigenvalue weighted by atomic mass is 35.5. The minimum absolute atomic E-state index is 0.133. The van der Waals surface area contributed by atoms with E-state index in [1.165, 1.54) is 6.20 Å². The van der Waals surface area contributed by atoms with E-state index in [-0.39, 0.29) is 5.91 Å². The second-order valence-corrected chi connectivity index (χ2v) is 4.53. The third kappa shape index (κ3) is 3.79. The lowest BCUT2D eigenvalue weighted by atomic mass is 10.2. The molecule has 6 heteroatoms. The Labute approximate surface area is 116 Å². The van der Waals surface area contributed by atoms with Gasteiger partial charge in [-0.05, 0) is 25.5 Å². The van der Waals surface area contributed by atoms with Crippen LogP contribution in [0.2, 0.25) is 5.15 Å². The van der Waals surface area contributed by atoms with Crippen LogP contribution in [-0.4, -0.2) is 27.0 Å². The number of aryl methyl sites for hydroxylation is 2. The lowest BCUT2D eigenvalue weighted by Gasteiger charge is -2.07. The zero-order valence-electron chi connectivity index (χ0n) is 10.6. The number of hydrogen-bond donors (Lipinski definition) is 1. The molecule has 2 rings (SSSR count). The first-order chi connectivity index (χ1) is 9.16. The molecular weight excluding hydrogens is 264 g/mol. The smallest absolute Gasteiger partial charge is 0.252 e. The summed E-state index contributed by atoms with van der Waals surface area (Å²) in [6.45, 7) is 3.40. The summed E-state index contributed by atoms with van der Waals surface area (Å²) in [6, 6.07) is 3.26. The molecule has 0 aliphatic carbocycles. The number of rotatable bonds is 5. The van der Waals surface area contributed by atoms with Gasteiger partial charge in [-0.1, -0.05) is 11.6 Å². The number of imidazole rings is 1. The molecule has 0 saturated carbocycles. The standard InChI is InChI=1S/C13H15ClN4O/c1-10-15-6-8-18(10)7-2-5-16-13(19)11-3-4-12(14)17-9-11/h3-4,6,8-9H,2,5,7H2,1H3,(H,16,19). The van der Waals surface area contributed by atoms with Gasteiger partial charge in [0.1, 0.15) is 11.0 Å². The number of hydrogen-bond acceptors (Lipinski definition) is 3. The van der Waals surface area contributed by atoms with Crippen molar-refractivity contribution in [3.8, 4) is 0 Å². The molecule has 2 heterocycles. The maximum atomic E-state index is 11.8. The summed E-state index contributed by atoms with van der Waals surface area (Å²) < 4.78 is 2.05. The Morgan fingerprint density at radius 1 is 1.42 bits per heavy atom. The number of nitrogens with one attached hydrogen (secondary N) is 1. The molecule has 0 bridgehead atoms. The number of aromatic nitrogens is 3. The fraction of sp³-hybridized carbons (Fsp3) is 0.308. The molecule has 0 aliphatic heterocycles. The highest BCUT2D eigenvalue weighted by Gasteiger charge is 2.05. The second kappa shape index (κ2) is 6.33. The summed E-state index contributed by atoms with van der Waals surface area (Å²) in [5.74, 6) is 0.847. The van der Waals surface area contributed by atoms with Gasteiger partial charge in [-0.25, -0.2) is 9.97 Å². The van der Waals surface area contributed by atoms with Crippen molar-refractivity contribution in [2.75, 3.05) is 6.54 Å². The van der Waals surface area contributed by atoms with Crippen LogP contribution in [0.15, 0.2) is 30.7 Å². The molecule has 0 atom stereocenters. The molecule has 1 amide bonds. The second-order valence-electron chi connectivity index (χ2n) is 4.15. The van der Waals surface area contributed by atoms with Crippen LogP contribution in [-0.2, 0) is 6.54 Å². The van der Waals surface area contributed by atoms with Gasteiger partial charge in [-0.2, -0.15) is 0 Å². The molecule has 0 unspecified atom stereocenters. The lowest BCUT2D eigenvalue weighted by molar-refractivity contribution is 0.0952. The predicted octanol–water partition coefficient (Wildman–Crippen LogP) is 2.06. The topological polar surface area (TPSA) is 59.8 Å². The largest absolute Gasteiger partial charge is 0.352 e. The summed E-state index contributed by atoms with van der Waals surface area (Å²) in [4.78, 5) is 19.8. The van der Waals surface area contributed by atoms with E-state index in [9.17, 15) is 4.79 Å². The average molecular weight is 279 g/mol. The van der Waals surface area contributed by atoms with E-state index in [0.29, 0.717) is 17.3 Å². The zero-order valence-corrected chi connectivity index (χ0v) is 11.4. The van der Waals surface area contributed by atoms with E-state index in [0.717, 1.165) is 18.8 Å². The van der Waals surface area contributed by atoms with Gasteiger partial charge in [0, 0.05) is 31.7 Å². The zero-order chi connectivity index (χ0) is 13.7. The van der Waals surface area contributed by atoms with E-state index in [2.05, 4.69) is 19.9 Å². The third-order valence-corrected chi connectivity index (χ3v) is 3.00. The molecular formula is C13H15ClN4O. The number of carbonyl (C=O) groups is 1. The quantitative estimate of drug-likeness (QED) is 0.673. The number of halogens is 1. The molecule has 0 aromatic carbocycles. The van der Waals surface area contributed by atoms with Gasteiger partial charge in [-0.15, -0.1) is 0 Å². The summed E-state index contributed by atoms with van der Waals surface area (Å²) in [5, 5.41) is 3.23. The fourth-order valence-electron chi connectivity index (χ4n) is 1.70. The van der Waals surface area contributed by atoms with Crippen molar-refractivity contribution in [3.05, 3.63) is 47.3 Å². The van der Waals surface area contributed by atoms with Crippen LogP contribution in [0.3, 0.4) is 0 Å². The van der Waals surface area contributed by atoms with Crippen LogP contribution in [0.1, 0.15) is 22.6 Å². The van der Waals surface area contributed by atoms with Gasteiger partial charge < -0.3 is 9.88 Å². The highest BCUT2D eigenvalue weighted by Crippen LogP contribution is 2.05. The Bertz CT molecular complexity index is 550. The molecule has 0 fully saturated rings. The maximum Gasteiger partial charge on any atom is 0.252 e. The van der Waals surface area contributed by atoms with Crippen LogP contribution in [0.25, 0.3) is 0 Å². The Balaban J connectivity index is 1.75. The molecule has 0 radical (unpaired) electrons. The highest BCUT2D eigenvalue weighted by molar-refractivity contribution is 6.29. The van der Waals surface area contributed by atoms with E-state index in [4.69, 9.17) is 11.6 Å². The number of amides is 1. The molecule has 0 saturated heterocycles. The third-order valence-electron chi connectivity index (χ3n) is 2.77. The molecule has 2 aromatic rings. The number of nitrogens with zero attached hydrogens (tertiary/aromatic N) is 3. The van der Waals surface area contributed by atoms with Gasteiger partial charge in [0.15, 0.2) is 0 Å². The minimum atomic E-state index is -0.133. The van der Waals surface area contributed by atoms with Gasteiger partial charge in [-0.3, -0.25) is 4.79 Å². The van der Waals surface area contributed by atoms with Gasteiger partial charge in [0.2, 0.25) is 0 Å². The summed E-state index contributed by atoms with van der Waals surface area (Å²) >= 11 is 5.66. The van der Waals surface area contributed by atoms with E-state index >= 15 is 0 Å². The van der Waals surface area contributed by atoms with Crippen molar-refractivity contribution in [3.63, 3.8) is 0 Å². The molecule has 1 N–H and O–H groups in total. The normalized spacial score (nSPS) is 10.4. The SMILES string of the molecule is Cc1nccn1CCCNC(=O)c1ccc(Cl)nc1. The first kappa shape index (κ1) is 13.5. The van der Waals surface area contributed by atoms with Crippen LogP contribution in [0.5, 0.6) is 0 Å². The van der Waals surface area contributed by atoms with Crippen molar-refractivity contribution in [2.45, 2.75) is 19.9 Å². The summed E-state index contributed by atoms with van der Waals surface area (Å²) in [6.07, 6.45) is 6.02. The van der Waals surface area contributed by atoms with Crippen LogP contribution in [0, 0.1) is 6.92 Å². The predicted molar refractivity (Wildman–Crippen MR) is 73.2 cm³/mol. The molecule has 19 heavy (non-hydrogen) atoms. The average Bonchev–Trinajstić information content (AvgIpc) is 2.81. The van der Waals surface area contributed by atoms with E-state index in [1.54, 1.807) is 18.3 Å². The van der Waals surface area contributed by atoms with Gasteiger partial charge in [0.05, 0.1) is 5.56 Å². The van der Waals surface area contributed by atoms with E-state index < -0.39 is 0 Å². The number of carbonyl (C=O) groups excluding carboxylic acids is 1. The Morgan fingerprint density at radius 3 is 2.89 bits per heavy atom. The molecule has 0 aliphatic rings. The van der Waals surface area contributed by atoms with Crippen LogP contribution < -0.4 is 5.32 Å². The van der Waals surface area contributed by atoms with Crippen LogP contribution in [0.4, 0.5) is 0 Å². The lowest BCUT2D eigenvalue weighted by Crippen LogP contribution is -2.25. The van der Waals surface area contributed by atoms with Crippen molar-refractivity contribution >= 4 is 17.5 Å². The minimum Gasteiger partial charge on any atom is -0.352 e. The number of pyridine rings is 1. The molecule has 2 aromatic heterocycles. The monoisotopic (exact) mass is 278 g/mol. The van der Waals surface area contributed by atoms with Crippen LogP contribution >= 0.6 is 11.6 Å². The van der Waals surface area contributed by atoms with Crippen molar-refractivity contribution in [2.24, 2.45) is 0 Å². The maximum absolute atomic E-state index is 11.8. The van der Waals surface area contributed by atoms with E-state index in [1.807, 2.05) is 13.1 Å². The van der Waals surface area contributed by atoms with Crippen molar-refractivity contribution < 1.29 is 4.79 Å². The Kier molecular flexibility index (Phi) is 4.52. The summed E-state index contributed by atoms with van der Waals surface area (Å²) in [5.41, 5.74) is 0.517. The fourth-order valence-corrected chi connectivity index (χ4v) is 1.82. The Hall–Kier alpha value is -1.88. The first-order valence-electron chi connectivity index (χ1n) is 6.04. The van der Waals surface area contributed by atoms with Crippen molar-refractivity contribution in [1.29, 1.82) is 0 Å². The summed E-state index contributed by atoms with van der Waals surface area (Å²) in [7, 11) is 0. The Morgan fingerprint density at radius 2 is 2.26 bits per heavy atom. The van der Waals surface area contributed by atoms with Gasteiger partial charge in [0.25, 0.3) is 5.91 Å².